The first kappa shape index (κ1) is 18.7. The van der Waals surface area contributed by atoms with Crippen LogP contribution >= 0.6 is 35.3 Å². The minimum absolute atomic E-state index is 0. The topological polar surface area (TPSA) is 49.3 Å². The summed E-state index contributed by atoms with van der Waals surface area (Å²) in [6, 6.07) is 0. The largest absolute Gasteiger partial charge is 0.356 e. The van der Waals surface area contributed by atoms with E-state index in [0.717, 1.165) is 29.8 Å². The normalized spacial score (nSPS) is 17.4. The molecule has 1 heterocycles. The Kier molecular flexibility index (Phi) is 7.39. The number of nitrogens with zero attached hydrogens (tertiary/aromatic N) is 2. The number of hydrogen-bond acceptors (Lipinski definition) is 3. The van der Waals surface area contributed by atoms with Gasteiger partial charge in [0.25, 0.3) is 0 Å². The summed E-state index contributed by atoms with van der Waals surface area (Å²) in [4.78, 5) is 10.1. The molecule has 1 aromatic rings. The minimum atomic E-state index is 0. The molecule has 2 N–H and O–H groups in total. The molecule has 0 atom stereocenters. The van der Waals surface area contributed by atoms with Crippen molar-refractivity contribution in [2.75, 3.05) is 13.6 Å². The molecule has 120 valence electrons. The van der Waals surface area contributed by atoms with E-state index in [2.05, 4.69) is 41.4 Å². The van der Waals surface area contributed by atoms with E-state index >= 15 is 0 Å². The molecule has 0 saturated heterocycles. The summed E-state index contributed by atoms with van der Waals surface area (Å²) >= 11 is 1.75. The summed E-state index contributed by atoms with van der Waals surface area (Å²) in [6.45, 7) is 8.29. The monoisotopic (exact) mass is 422 g/mol. The molecular formula is C15H27IN4S. The van der Waals surface area contributed by atoms with Crippen molar-refractivity contribution in [3.05, 3.63) is 15.6 Å². The van der Waals surface area contributed by atoms with Gasteiger partial charge in [-0.05, 0) is 32.1 Å². The quantitative estimate of drug-likeness (QED) is 0.443. The lowest BCUT2D eigenvalue weighted by Crippen LogP contribution is -2.41. The highest BCUT2D eigenvalue weighted by atomic mass is 127. The molecule has 0 unspecified atom stereocenters. The first-order valence-electron chi connectivity index (χ1n) is 7.40. The van der Waals surface area contributed by atoms with Gasteiger partial charge in [0, 0.05) is 18.5 Å². The standard InChI is InChI=1S/C15H26N4S.HI/c1-11-12(2)20-13(19-11)9-17-14(16-4)18-10-15(3)7-5-6-8-15;/h5-10H2,1-4H3,(H2,16,17,18);1H. The Balaban J connectivity index is 0.00000220. The van der Waals surface area contributed by atoms with Crippen LogP contribution in [0, 0.1) is 19.3 Å². The zero-order valence-electron chi connectivity index (χ0n) is 13.5. The highest BCUT2D eigenvalue weighted by Gasteiger charge is 2.28. The van der Waals surface area contributed by atoms with E-state index in [1.807, 2.05) is 7.05 Å². The Morgan fingerprint density at radius 1 is 1.29 bits per heavy atom. The maximum atomic E-state index is 4.54. The molecule has 1 aliphatic carbocycles. The fourth-order valence-electron chi connectivity index (χ4n) is 2.70. The van der Waals surface area contributed by atoms with Crippen molar-refractivity contribution in [2.45, 2.75) is 53.0 Å². The van der Waals surface area contributed by atoms with E-state index in [9.17, 15) is 0 Å². The fraction of sp³-hybridized carbons (Fsp3) is 0.733. The van der Waals surface area contributed by atoms with Gasteiger partial charge >= 0.3 is 0 Å². The average molecular weight is 422 g/mol. The van der Waals surface area contributed by atoms with E-state index in [1.54, 1.807) is 11.3 Å². The van der Waals surface area contributed by atoms with Crippen molar-refractivity contribution in [3.8, 4) is 0 Å². The van der Waals surface area contributed by atoms with E-state index in [4.69, 9.17) is 0 Å². The second-order valence-electron chi connectivity index (χ2n) is 6.05. The lowest BCUT2D eigenvalue weighted by molar-refractivity contribution is 0.334. The molecule has 1 saturated carbocycles. The number of rotatable bonds is 4. The summed E-state index contributed by atoms with van der Waals surface area (Å²) in [6.07, 6.45) is 5.37. The van der Waals surface area contributed by atoms with E-state index < -0.39 is 0 Å². The van der Waals surface area contributed by atoms with Crippen molar-refractivity contribution >= 4 is 41.3 Å². The van der Waals surface area contributed by atoms with Crippen LogP contribution in [0.4, 0.5) is 0 Å². The zero-order chi connectivity index (χ0) is 14.6. The predicted molar refractivity (Wildman–Crippen MR) is 102 cm³/mol. The molecule has 0 spiro atoms. The second kappa shape index (κ2) is 8.31. The fourth-order valence-corrected chi connectivity index (χ4v) is 3.57. The maximum absolute atomic E-state index is 4.54. The summed E-state index contributed by atoms with van der Waals surface area (Å²) in [5, 5.41) is 7.93. The molecular weight excluding hydrogens is 395 g/mol. The van der Waals surface area contributed by atoms with Crippen LogP contribution in [0.25, 0.3) is 0 Å². The maximum Gasteiger partial charge on any atom is 0.191 e. The molecule has 21 heavy (non-hydrogen) atoms. The summed E-state index contributed by atoms with van der Waals surface area (Å²) < 4.78 is 0. The van der Waals surface area contributed by atoms with Crippen LogP contribution in [0.3, 0.4) is 0 Å². The molecule has 1 aromatic heterocycles. The lowest BCUT2D eigenvalue weighted by Gasteiger charge is -2.25. The van der Waals surface area contributed by atoms with Gasteiger partial charge in [0.05, 0.1) is 12.2 Å². The molecule has 0 amide bonds. The smallest absolute Gasteiger partial charge is 0.191 e. The zero-order valence-corrected chi connectivity index (χ0v) is 16.6. The van der Waals surface area contributed by atoms with Crippen molar-refractivity contribution in [3.63, 3.8) is 0 Å². The third kappa shape index (κ3) is 5.39. The number of nitrogens with one attached hydrogen (secondary N) is 2. The first-order valence-corrected chi connectivity index (χ1v) is 8.21. The lowest BCUT2D eigenvalue weighted by atomic mass is 9.89. The van der Waals surface area contributed by atoms with Crippen LogP contribution in [0.5, 0.6) is 0 Å². The molecule has 1 aliphatic rings. The van der Waals surface area contributed by atoms with Crippen LogP contribution in [-0.2, 0) is 6.54 Å². The van der Waals surface area contributed by atoms with Gasteiger partial charge in [-0.2, -0.15) is 0 Å². The van der Waals surface area contributed by atoms with Gasteiger partial charge in [-0.1, -0.05) is 19.8 Å². The van der Waals surface area contributed by atoms with Crippen molar-refractivity contribution in [2.24, 2.45) is 10.4 Å². The highest BCUT2D eigenvalue weighted by molar-refractivity contribution is 14.0. The number of hydrogen-bond donors (Lipinski definition) is 2. The van der Waals surface area contributed by atoms with Gasteiger partial charge in [-0.25, -0.2) is 4.98 Å². The van der Waals surface area contributed by atoms with Gasteiger partial charge < -0.3 is 10.6 Å². The highest BCUT2D eigenvalue weighted by Crippen LogP contribution is 2.36. The van der Waals surface area contributed by atoms with E-state index in [-0.39, 0.29) is 24.0 Å². The average Bonchev–Trinajstić information content (AvgIpc) is 2.98. The molecule has 0 aliphatic heterocycles. The predicted octanol–water partition coefficient (Wildman–Crippen LogP) is 3.62. The number of aliphatic imine (C=N–C) groups is 1. The first-order chi connectivity index (χ1) is 9.52. The van der Waals surface area contributed by atoms with Gasteiger partial charge in [0.2, 0.25) is 0 Å². The van der Waals surface area contributed by atoms with Crippen LogP contribution in [0.15, 0.2) is 4.99 Å². The molecule has 1 fully saturated rings. The van der Waals surface area contributed by atoms with Crippen LogP contribution in [0.2, 0.25) is 0 Å². The number of halogens is 1. The summed E-state index contributed by atoms with van der Waals surface area (Å²) in [7, 11) is 1.82. The van der Waals surface area contributed by atoms with Crippen molar-refractivity contribution < 1.29 is 0 Å². The molecule has 0 aromatic carbocycles. The number of guanidine groups is 1. The Bertz CT molecular complexity index is 459. The second-order valence-corrected chi connectivity index (χ2v) is 7.33. The molecule has 4 nitrogen and oxygen atoms in total. The van der Waals surface area contributed by atoms with Crippen molar-refractivity contribution in [1.82, 2.24) is 15.6 Å². The third-order valence-corrected chi connectivity index (χ3v) is 5.27. The van der Waals surface area contributed by atoms with Gasteiger partial charge in [0.1, 0.15) is 5.01 Å². The van der Waals surface area contributed by atoms with Crippen molar-refractivity contribution in [1.29, 1.82) is 0 Å². The Hall–Kier alpha value is -0.370. The van der Waals surface area contributed by atoms with Gasteiger partial charge in [-0.15, -0.1) is 35.3 Å². The number of aromatic nitrogens is 1. The summed E-state index contributed by atoms with van der Waals surface area (Å²) in [5.41, 5.74) is 1.57. The number of thiazole rings is 1. The summed E-state index contributed by atoms with van der Waals surface area (Å²) in [5.74, 6) is 0.878. The molecule has 2 rings (SSSR count). The minimum Gasteiger partial charge on any atom is -0.356 e. The van der Waals surface area contributed by atoms with Crippen LogP contribution < -0.4 is 10.6 Å². The van der Waals surface area contributed by atoms with E-state index in [0.29, 0.717) is 5.41 Å². The number of aryl methyl sites for hydroxylation is 2. The molecule has 0 bridgehead atoms. The van der Waals surface area contributed by atoms with E-state index in [1.165, 1.54) is 30.6 Å². The SMILES string of the molecule is CN=C(NCc1nc(C)c(C)s1)NCC1(C)CCCC1.I. The van der Waals surface area contributed by atoms with Gasteiger partial charge in [0.15, 0.2) is 5.96 Å². The van der Waals surface area contributed by atoms with Gasteiger partial charge in [-0.3, -0.25) is 4.99 Å². The van der Waals surface area contributed by atoms with Crippen LogP contribution in [0.1, 0.15) is 48.2 Å². The Labute approximate surface area is 149 Å². The Morgan fingerprint density at radius 3 is 2.48 bits per heavy atom. The molecule has 0 radical (unpaired) electrons. The third-order valence-electron chi connectivity index (χ3n) is 4.20. The molecule has 6 heteroatoms. The Morgan fingerprint density at radius 2 is 1.95 bits per heavy atom. The van der Waals surface area contributed by atoms with Crippen LogP contribution in [-0.4, -0.2) is 24.5 Å².